The summed E-state index contributed by atoms with van der Waals surface area (Å²) in [4.78, 5) is 44.1. The van der Waals surface area contributed by atoms with Gasteiger partial charge in [0.25, 0.3) is 5.56 Å². The zero-order valence-corrected chi connectivity index (χ0v) is 24.5. The molecule has 2 aromatic carbocycles. The Hall–Kier alpha value is -4.70. The summed E-state index contributed by atoms with van der Waals surface area (Å²) in [6.45, 7) is 5.66. The molecule has 0 aliphatic carbocycles. The third-order valence-corrected chi connectivity index (χ3v) is 8.01. The van der Waals surface area contributed by atoms with Crippen LogP contribution in [0.5, 0.6) is 5.75 Å². The normalized spacial score (nSPS) is 14.9. The molecule has 1 N–H and O–H groups in total. The van der Waals surface area contributed by atoms with Crippen molar-refractivity contribution in [3.8, 4) is 17.1 Å². The number of methoxy groups -OCH3 is 1. The van der Waals surface area contributed by atoms with Gasteiger partial charge in [-0.25, -0.2) is 14.6 Å². The van der Waals surface area contributed by atoms with Crippen molar-refractivity contribution in [3.63, 3.8) is 0 Å². The maximum Gasteiger partial charge on any atom is 0.338 e. The van der Waals surface area contributed by atoms with Gasteiger partial charge in [0.2, 0.25) is 0 Å². The van der Waals surface area contributed by atoms with Crippen LogP contribution < -0.4 is 19.6 Å². The van der Waals surface area contributed by atoms with Gasteiger partial charge in [-0.3, -0.25) is 9.36 Å². The molecule has 0 bridgehead atoms. The number of carboxylic acids is 1. The lowest BCUT2D eigenvalue weighted by Gasteiger charge is -2.26. The van der Waals surface area contributed by atoms with E-state index < -0.39 is 18.0 Å². The first-order valence-electron chi connectivity index (χ1n) is 13.6. The Morgan fingerprint density at radius 1 is 1.14 bits per heavy atom. The van der Waals surface area contributed by atoms with E-state index in [1.54, 1.807) is 63.4 Å². The Balaban J connectivity index is 1.67. The summed E-state index contributed by atoms with van der Waals surface area (Å²) in [5.41, 5.74) is 2.71. The predicted octanol–water partition coefficient (Wildman–Crippen LogP) is 4.85. The SMILES string of the molecule is CCCC1=C(C(=O)OCC)[C@H](c2cccc(OC)c2)n2c(s/c(=C\c3ccc(-c4cccc(C(=O)O)c4C)o3)c2=O)=N1. The number of nitrogens with zero attached hydrogens (tertiary/aromatic N) is 2. The van der Waals surface area contributed by atoms with Crippen LogP contribution in [0.15, 0.2) is 80.1 Å². The summed E-state index contributed by atoms with van der Waals surface area (Å²) in [5.74, 6) is -0.0263. The van der Waals surface area contributed by atoms with E-state index in [0.29, 0.717) is 61.0 Å². The molecule has 0 saturated carbocycles. The number of fused-ring (bicyclic) bond motifs is 1. The molecule has 2 aromatic heterocycles. The predicted molar refractivity (Wildman–Crippen MR) is 158 cm³/mol. The number of furan rings is 1. The average molecular weight is 587 g/mol. The van der Waals surface area contributed by atoms with Gasteiger partial charge in [-0.1, -0.05) is 48.9 Å². The van der Waals surface area contributed by atoms with E-state index >= 15 is 0 Å². The van der Waals surface area contributed by atoms with Crippen LogP contribution >= 0.6 is 11.3 Å². The summed E-state index contributed by atoms with van der Waals surface area (Å²) in [5, 5.41) is 9.50. The fourth-order valence-electron chi connectivity index (χ4n) is 5.09. The van der Waals surface area contributed by atoms with Gasteiger partial charge < -0.3 is 19.0 Å². The fourth-order valence-corrected chi connectivity index (χ4v) is 6.09. The minimum Gasteiger partial charge on any atom is -0.497 e. The molecule has 0 amide bonds. The molecule has 10 heteroatoms. The number of hydrogen-bond acceptors (Lipinski definition) is 8. The highest BCUT2D eigenvalue weighted by Gasteiger charge is 2.34. The third-order valence-electron chi connectivity index (χ3n) is 7.03. The van der Waals surface area contributed by atoms with Gasteiger partial charge in [-0.05, 0) is 61.7 Å². The van der Waals surface area contributed by atoms with Crippen molar-refractivity contribution in [3.05, 3.63) is 108 Å². The highest BCUT2D eigenvalue weighted by atomic mass is 32.1. The van der Waals surface area contributed by atoms with Gasteiger partial charge >= 0.3 is 11.9 Å². The van der Waals surface area contributed by atoms with Crippen molar-refractivity contribution in [1.29, 1.82) is 0 Å². The monoisotopic (exact) mass is 586 g/mol. The molecule has 1 aliphatic heterocycles. The number of aromatic carboxylic acids is 1. The van der Waals surface area contributed by atoms with Crippen LogP contribution in [0, 0.1) is 6.92 Å². The number of carboxylic acid groups (broad SMARTS) is 1. The summed E-state index contributed by atoms with van der Waals surface area (Å²) in [6.07, 6.45) is 2.93. The number of benzene rings is 2. The van der Waals surface area contributed by atoms with Crippen LogP contribution in [0.1, 0.15) is 60.0 Å². The highest BCUT2D eigenvalue weighted by molar-refractivity contribution is 7.07. The lowest BCUT2D eigenvalue weighted by atomic mass is 9.94. The summed E-state index contributed by atoms with van der Waals surface area (Å²) in [7, 11) is 1.56. The Morgan fingerprint density at radius 3 is 2.64 bits per heavy atom. The molecule has 3 heterocycles. The minimum absolute atomic E-state index is 0.187. The maximum absolute atomic E-state index is 14.0. The molecule has 5 rings (SSSR count). The quantitative estimate of drug-likeness (QED) is 0.278. The average Bonchev–Trinajstić information content (AvgIpc) is 3.56. The first-order chi connectivity index (χ1) is 20.3. The van der Waals surface area contributed by atoms with Crippen LogP contribution in [-0.4, -0.2) is 35.3 Å². The second-order valence-electron chi connectivity index (χ2n) is 9.68. The molecule has 0 fully saturated rings. The van der Waals surface area contributed by atoms with Crippen molar-refractivity contribution < 1.29 is 28.6 Å². The molecule has 9 nitrogen and oxygen atoms in total. The number of ether oxygens (including phenoxy) is 2. The molecular weight excluding hydrogens is 556 g/mol. The van der Waals surface area contributed by atoms with Crippen LogP contribution in [-0.2, 0) is 9.53 Å². The number of carbonyl (C=O) groups excluding carboxylic acids is 1. The molecule has 0 unspecified atom stereocenters. The van der Waals surface area contributed by atoms with E-state index in [1.807, 2.05) is 25.1 Å². The molecule has 0 spiro atoms. The molecule has 216 valence electrons. The van der Waals surface area contributed by atoms with Crippen LogP contribution in [0.3, 0.4) is 0 Å². The van der Waals surface area contributed by atoms with Crippen molar-refractivity contribution in [2.45, 2.75) is 39.7 Å². The second-order valence-corrected chi connectivity index (χ2v) is 10.7. The van der Waals surface area contributed by atoms with E-state index in [1.165, 1.54) is 15.9 Å². The first-order valence-corrected chi connectivity index (χ1v) is 14.4. The number of rotatable bonds is 9. The van der Waals surface area contributed by atoms with Gasteiger partial charge in [-0.2, -0.15) is 0 Å². The van der Waals surface area contributed by atoms with E-state index in [4.69, 9.17) is 18.9 Å². The number of carbonyl (C=O) groups is 2. The molecule has 0 radical (unpaired) electrons. The zero-order valence-electron chi connectivity index (χ0n) is 23.7. The topological polar surface area (TPSA) is 120 Å². The minimum atomic E-state index is -1.02. The van der Waals surface area contributed by atoms with Gasteiger partial charge in [0.15, 0.2) is 4.80 Å². The van der Waals surface area contributed by atoms with Crippen LogP contribution in [0.4, 0.5) is 0 Å². The van der Waals surface area contributed by atoms with Crippen molar-refractivity contribution in [2.24, 2.45) is 4.99 Å². The highest BCUT2D eigenvalue weighted by Crippen LogP contribution is 2.34. The van der Waals surface area contributed by atoms with Crippen LogP contribution in [0.2, 0.25) is 0 Å². The smallest absolute Gasteiger partial charge is 0.338 e. The molecule has 4 aromatic rings. The second kappa shape index (κ2) is 12.0. The Morgan fingerprint density at radius 2 is 1.93 bits per heavy atom. The number of hydrogen-bond donors (Lipinski definition) is 1. The van der Waals surface area contributed by atoms with Gasteiger partial charge in [0.1, 0.15) is 17.3 Å². The van der Waals surface area contributed by atoms with E-state index in [9.17, 15) is 19.5 Å². The summed E-state index contributed by atoms with van der Waals surface area (Å²) < 4.78 is 18.8. The molecule has 1 atom stereocenters. The summed E-state index contributed by atoms with van der Waals surface area (Å²) in [6, 6.07) is 15.0. The van der Waals surface area contributed by atoms with E-state index in [2.05, 4.69) is 0 Å². The van der Waals surface area contributed by atoms with Gasteiger partial charge in [0.05, 0.1) is 41.1 Å². The van der Waals surface area contributed by atoms with Crippen molar-refractivity contribution >= 4 is 29.4 Å². The molecule has 1 aliphatic rings. The van der Waals surface area contributed by atoms with E-state index in [0.717, 1.165) is 6.42 Å². The first kappa shape index (κ1) is 28.8. The Bertz CT molecular complexity index is 1890. The zero-order chi connectivity index (χ0) is 30.0. The number of thiazole rings is 1. The molecule has 42 heavy (non-hydrogen) atoms. The fraction of sp³-hybridized carbons (Fsp3) is 0.250. The number of esters is 1. The standard InChI is InChI=1S/C32H30N2O7S/c1-5-9-24-27(31(38)40-6-2)28(19-10-7-11-20(16-19)39-4)34-29(35)26(42-32(34)33-24)17-21-14-15-25(41-21)22-12-8-13-23(18(22)3)30(36)37/h7-8,10-17,28H,5-6,9H2,1-4H3,(H,36,37)/b26-17-/t28-/m0/s1. The maximum atomic E-state index is 14.0. The number of aromatic nitrogens is 1. The van der Waals surface area contributed by atoms with Crippen LogP contribution in [0.25, 0.3) is 17.4 Å². The largest absolute Gasteiger partial charge is 0.497 e. The van der Waals surface area contributed by atoms with Crippen molar-refractivity contribution in [2.75, 3.05) is 13.7 Å². The van der Waals surface area contributed by atoms with Gasteiger partial charge in [0, 0.05) is 11.6 Å². The lowest BCUT2D eigenvalue weighted by Crippen LogP contribution is -2.40. The molecular formula is C32H30N2O7S. The van der Waals surface area contributed by atoms with Gasteiger partial charge in [-0.15, -0.1) is 0 Å². The van der Waals surface area contributed by atoms with E-state index in [-0.39, 0.29) is 17.7 Å². The summed E-state index contributed by atoms with van der Waals surface area (Å²) >= 11 is 1.21. The number of allylic oxidation sites excluding steroid dienone is 1. The third kappa shape index (κ3) is 5.33. The van der Waals surface area contributed by atoms with Crippen molar-refractivity contribution in [1.82, 2.24) is 4.57 Å². The molecule has 0 saturated heterocycles. The Kier molecular flexibility index (Phi) is 8.26. The lowest BCUT2D eigenvalue weighted by molar-refractivity contribution is -0.139. The Labute approximate surface area is 245 Å².